The molecule has 2 heterocycles. The SMILES string of the molecule is COc1ccc([N+](=O)[O-])cc1-n1c(C)cc(/C=C(/C#N)c2nc3ccc(F)cc3[nH]2)c1C. The number of fused-ring (bicyclic) bond motifs is 1. The third-order valence-electron chi connectivity index (χ3n) is 5.20. The van der Waals surface area contributed by atoms with Crippen LogP contribution in [-0.4, -0.2) is 26.6 Å². The Bertz CT molecular complexity index is 1440. The van der Waals surface area contributed by atoms with Crippen molar-refractivity contribution in [1.29, 1.82) is 5.26 Å². The fourth-order valence-electron chi connectivity index (χ4n) is 3.69. The second-order valence-corrected chi connectivity index (χ2v) is 7.19. The van der Waals surface area contributed by atoms with Crippen LogP contribution in [0.5, 0.6) is 5.75 Å². The molecule has 2 aromatic heterocycles. The first-order chi connectivity index (χ1) is 15.3. The molecule has 0 aliphatic heterocycles. The average molecular weight is 431 g/mol. The number of rotatable bonds is 5. The van der Waals surface area contributed by atoms with E-state index in [1.165, 1.54) is 31.4 Å². The molecule has 9 heteroatoms. The third-order valence-corrected chi connectivity index (χ3v) is 5.20. The highest BCUT2D eigenvalue weighted by atomic mass is 19.1. The van der Waals surface area contributed by atoms with E-state index in [4.69, 9.17) is 4.74 Å². The minimum atomic E-state index is -0.462. The van der Waals surface area contributed by atoms with Crippen molar-refractivity contribution >= 4 is 28.4 Å². The highest BCUT2D eigenvalue weighted by Gasteiger charge is 2.18. The molecule has 0 saturated heterocycles. The summed E-state index contributed by atoms with van der Waals surface area (Å²) in [7, 11) is 1.50. The molecule has 0 bridgehead atoms. The number of nitriles is 1. The molecule has 32 heavy (non-hydrogen) atoms. The topological polar surface area (TPSA) is 110 Å². The highest BCUT2D eigenvalue weighted by Crippen LogP contribution is 2.32. The molecule has 0 unspecified atom stereocenters. The molecular weight excluding hydrogens is 413 g/mol. The van der Waals surface area contributed by atoms with Crippen LogP contribution < -0.4 is 4.74 Å². The van der Waals surface area contributed by atoms with Crippen LogP contribution in [0, 0.1) is 41.1 Å². The van der Waals surface area contributed by atoms with E-state index in [1.807, 2.05) is 24.5 Å². The maximum atomic E-state index is 13.5. The summed E-state index contributed by atoms with van der Waals surface area (Å²) in [5.41, 5.74) is 4.08. The number of nitro benzene ring substituents is 1. The Hall–Kier alpha value is -4.45. The predicted molar refractivity (Wildman–Crippen MR) is 118 cm³/mol. The van der Waals surface area contributed by atoms with Gasteiger partial charge < -0.3 is 14.3 Å². The Kier molecular flexibility index (Phi) is 5.20. The Balaban J connectivity index is 1.83. The molecule has 0 fully saturated rings. The van der Waals surface area contributed by atoms with Crippen molar-refractivity contribution in [3.05, 3.63) is 81.2 Å². The molecule has 0 atom stereocenters. The van der Waals surface area contributed by atoms with Crippen LogP contribution in [0.3, 0.4) is 0 Å². The summed E-state index contributed by atoms with van der Waals surface area (Å²) in [4.78, 5) is 18.2. The summed E-state index contributed by atoms with van der Waals surface area (Å²) in [6.07, 6.45) is 1.68. The van der Waals surface area contributed by atoms with Gasteiger partial charge in [0.2, 0.25) is 0 Å². The van der Waals surface area contributed by atoms with Gasteiger partial charge in [-0.15, -0.1) is 0 Å². The fraction of sp³-hybridized carbons (Fsp3) is 0.130. The zero-order chi connectivity index (χ0) is 23.0. The number of hydrogen-bond donors (Lipinski definition) is 1. The van der Waals surface area contributed by atoms with Gasteiger partial charge in [0.25, 0.3) is 5.69 Å². The van der Waals surface area contributed by atoms with Gasteiger partial charge in [-0.25, -0.2) is 9.37 Å². The molecular formula is C23H18FN5O3. The van der Waals surface area contributed by atoms with Gasteiger partial charge in [0.05, 0.1) is 34.3 Å². The average Bonchev–Trinajstić information content (AvgIpc) is 3.30. The lowest BCUT2D eigenvalue weighted by molar-refractivity contribution is -0.384. The second kappa shape index (κ2) is 8.00. The van der Waals surface area contributed by atoms with E-state index in [0.717, 1.165) is 17.0 Å². The number of imidazole rings is 1. The number of nitro groups is 1. The molecule has 0 saturated carbocycles. The summed E-state index contributed by atoms with van der Waals surface area (Å²) in [6.45, 7) is 3.71. The van der Waals surface area contributed by atoms with Gasteiger partial charge in [-0.1, -0.05) is 0 Å². The van der Waals surface area contributed by atoms with Crippen molar-refractivity contribution in [3.8, 4) is 17.5 Å². The molecule has 0 aliphatic rings. The molecule has 0 radical (unpaired) electrons. The van der Waals surface area contributed by atoms with Crippen LogP contribution in [0.25, 0.3) is 28.4 Å². The van der Waals surface area contributed by atoms with E-state index < -0.39 is 10.7 Å². The first kappa shape index (κ1) is 20.8. The molecule has 160 valence electrons. The lowest BCUT2D eigenvalue weighted by Crippen LogP contribution is -2.03. The first-order valence-corrected chi connectivity index (χ1v) is 9.61. The van der Waals surface area contributed by atoms with Gasteiger partial charge in [-0.2, -0.15) is 5.26 Å². The largest absolute Gasteiger partial charge is 0.495 e. The fourth-order valence-corrected chi connectivity index (χ4v) is 3.69. The number of aromatic amines is 1. The molecule has 1 N–H and O–H groups in total. The van der Waals surface area contributed by atoms with Gasteiger partial charge >= 0.3 is 0 Å². The number of benzene rings is 2. The number of methoxy groups -OCH3 is 1. The molecule has 8 nitrogen and oxygen atoms in total. The zero-order valence-electron chi connectivity index (χ0n) is 17.5. The molecule has 0 aliphatic carbocycles. The van der Waals surface area contributed by atoms with Crippen molar-refractivity contribution in [3.63, 3.8) is 0 Å². The predicted octanol–water partition coefficient (Wildman–Crippen LogP) is 5.09. The Labute approximate surface area is 182 Å². The van der Waals surface area contributed by atoms with Crippen LogP contribution in [0.2, 0.25) is 0 Å². The molecule has 0 amide bonds. The number of halogens is 1. The minimum absolute atomic E-state index is 0.0578. The normalized spacial score (nSPS) is 11.5. The quantitative estimate of drug-likeness (QED) is 0.269. The Morgan fingerprint density at radius 3 is 2.75 bits per heavy atom. The number of nitrogens with zero attached hydrogens (tertiary/aromatic N) is 4. The summed E-state index contributed by atoms with van der Waals surface area (Å²) in [6, 6.07) is 12.6. The van der Waals surface area contributed by atoms with Crippen molar-refractivity contribution in [2.75, 3.05) is 7.11 Å². The highest BCUT2D eigenvalue weighted by molar-refractivity contribution is 5.90. The smallest absolute Gasteiger partial charge is 0.271 e. The Morgan fingerprint density at radius 1 is 1.28 bits per heavy atom. The van der Waals surface area contributed by atoms with Gasteiger partial charge in [0, 0.05) is 23.5 Å². The van der Waals surface area contributed by atoms with Gasteiger partial charge in [0.1, 0.15) is 23.5 Å². The number of hydrogen-bond acceptors (Lipinski definition) is 5. The summed E-state index contributed by atoms with van der Waals surface area (Å²) in [5.74, 6) is 0.406. The van der Waals surface area contributed by atoms with E-state index in [-0.39, 0.29) is 11.3 Å². The van der Waals surface area contributed by atoms with E-state index in [0.29, 0.717) is 28.3 Å². The van der Waals surface area contributed by atoms with Gasteiger partial charge in [-0.3, -0.25) is 10.1 Å². The number of aromatic nitrogens is 3. The van der Waals surface area contributed by atoms with E-state index in [1.54, 1.807) is 18.2 Å². The molecule has 4 aromatic rings. The standard InChI is InChI=1S/C23H18FN5O3/c1-13-8-15(9-16(12-25)23-26-19-6-4-17(24)10-20(19)27-23)14(2)28(13)21-11-18(29(30)31)5-7-22(21)32-3/h4-11H,1-3H3,(H,26,27)/b16-9-. The lowest BCUT2D eigenvalue weighted by atomic mass is 10.1. The number of nitrogens with one attached hydrogen (secondary N) is 1. The van der Waals surface area contributed by atoms with Crippen molar-refractivity contribution in [2.24, 2.45) is 0 Å². The van der Waals surface area contributed by atoms with Crippen LogP contribution in [0.15, 0.2) is 42.5 Å². The number of ether oxygens (including phenoxy) is 1. The zero-order valence-corrected chi connectivity index (χ0v) is 17.5. The van der Waals surface area contributed by atoms with Gasteiger partial charge in [-0.05, 0) is 55.8 Å². The Morgan fingerprint density at radius 2 is 2.06 bits per heavy atom. The molecule has 0 spiro atoms. The van der Waals surface area contributed by atoms with Crippen molar-refractivity contribution in [1.82, 2.24) is 14.5 Å². The minimum Gasteiger partial charge on any atom is -0.495 e. The van der Waals surface area contributed by atoms with Crippen LogP contribution in [-0.2, 0) is 0 Å². The van der Waals surface area contributed by atoms with Crippen molar-refractivity contribution < 1.29 is 14.1 Å². The summed E-state index contributed by atoms with van der Waals surface area (Å²) >= 11 is 0. The summed E-state index contributed by atoms with van der Waals surface area (Å²) < 4.78 is 20.7. The summed E-state index contributed by atoms with van der Waals surface area (Å²) in [5, 5.41) is 21.0. The number of non-ortho nitro benzene ring substituents is 1. The lowest BCUT2D eigenvalue weighted by Gasteiger charge is -2.13. The monoisotopic (exact) mass is 431 g/mol. The number of aryl methyl sites for hydroxylation is 1. The molecule has 4 rings (SSSR count). The number of allylic oxidation sites excluding steroid dienone is 1. The van der Waals surface area contributed by atoms with Crippen LogP contribution in [0.4, 0.5) is 10.1 Å². The molecule has 2 aromatic carbocycles. The maximum Gasteiger partial charge on any atom is 0.271 e. The van der Waals surface area contributed by atoms with E-state index >= 15 is 0 Å². The van der Waals surface area contributed by atoms with E-state index in [2.05, 4.69) is 16.0 Å². The second-order valence-electron chi connectivity index (χ2n) is 7.19. The first-order valence-electron chi connectivity index (χ1n) is 9.61. The van der Waals surface area contributed by atoms with Crippen molar-refractivity contribution in [2.45, 2.75) is 13.8 Å². The van der Waals surface area contributed by atoms with Crippen LogP contribution >= 0.6 is 0 Å². The van der Waals surface area contributed by atoms with Crippen LogP contribution in [0.1, 0.15) is 22.8 Å². The third kappa shape index (κ3) is 3.58. The van der Waals surface area contributed by atoms with Gasteiger partial charge in [0.15, 0.2) is 0 Å². The van der Waals surface area contributed by atoms with E-state index in [9.17, 15) is 19.8 Å². The maximum absolute atomic E-state index is 13.5. The number of H-pyrrole nitrogens is 1.